The molecule has 2 aliphatic heterocycles. The summed E-state index contributed by atoms with van der Waals surface area (Å²) in [5, 5.41) is 31.2. The number of methoxy groups -OCH3 is 2. The summed E-state index contributed by atoms with van der Waals surface area (Å²) in [6.07, 6.45) is 6.36. The highest BCUT2D eigenvalue weighted by molar-refractivity contribution is 5.63. The standard InChI is InChI=1S/C29H41NO4.C6H12O5/c1-25(2,3)26(4,32)20-15-27-10-11-29(20,33-5)24-28(27)12-13-30(16-17-6-7-17)21(27)14-18-8-9-19(31)23(34-24)22(18)28;1-9-2-3-10-4-5-11-6(7)8/h8-9,17,20-21,24,31-32H,6-7,10-16H2,1-5H3;2-5H2,1H3,(H,7,8)/t20-,21-,24-,26+,27-,28+,29+;/m1./s1. The average Bonchev–Trinajstić information content (AvgIpc) is 3.73. The van der Waals surface area contributed by atoms with Gasteiger partial charge in [-0.15, -0.1) is 0 Å². The third-order valence-electron chi connectivity index (χ3n) is 12.7. The zero-order valence-corrected chi connectivity index (χ0v) is 27.9. The summed E-state index contributed by atoms with van der Waals surface area (Å²) < 4.78 is 27.2. The van der Waals surface area contributed by atoms with Gasteiger partial charge in [-0.05, 0) is 81.4 Å². The van der Waals surface area contributed by atoms with E-state index in [0.717, 1.165) is 44.6 Å². The molecule has 45 heavy (non-hydrogen) atoms. The Morgan fingerprint density at radius 1 is 1.07 bits per heavy atom. The van der Waals surface area contributed by atoms with Crippen molar-refractivity contribution in [3.8, 4) is 11.5 Å². The van der Waals surface area contributed by atoms with Crippen molar-refractivity contribution in [2.45, 2.75) is 101 Å². The fourth-order valence-electron chi connectivity index (χ4n) is 10.0. The van der Waals surface area contributed by atoms with E-state index in [1.165, 1.54) is 30.5 Å². The van der Waals surface area contributed by atoms with Crippen LogP contribution in [-0.4, -0.2) is 103 Å². The largest absolute Gasteiger partial charge is 0.505 e. The van der Waals surface area contributed by atoms with Crippen molar-refractivity contribution in [2.75, 3.05) is 53.7 Å². The Balaban J connectivity index is 0.000000281. The third-order valence-corrected chi connectivity index (χ3v) is 12.7. The first-order valence-corrected chi connectivity index (χ1v) is 16.7. The molecule has 0 aromatic heterocycles. The third kappa shape index (κ3) is 4.88. The number of hydrogen-bond donors (Lipinski definition) is 3. The van der Waals surface area contributed by atoms with Gasteiger partial charge in [-0.25, -0.2) is 4.79 Å². The van der Waals surface area contributed by atoms with Gasteiger partial charge in [0.1, 0.15) is 18.3 Å². The molecule has 7 atom stereocenters. The minimum Gasteiger partial charge on any atom is -0.504 e. The summed E-state index contributed by atoms with van der Waals surface area (Å²) in [4.78, 5) is 12.6. The molecule has 5 aliphatic carbocycles. The normalized spacial score (nSPS) is 35.5. The first kappa shape index (κ1) is 32.8. The topological polar surface area (TPSA) is 127 Å². The van der Waals surface area contributed by atoms with Crippen molar-refractivity contribution < 1.29 is 43.8 Å². The molecule has 10 heteroatoms. The Morgan fingerprint density at radius 3 is 2.44 bits per heavy atom. The van der Waals surface area contributed by atoms with Crippen LogP contribution in [0.4, 0.5) is 4.79 Å². The summed E-state index contributed by atoms with van der Waals surface area (Å²) >= 11 is 0. The van der Waals surface area contributed by atoms with E-state index in [9.17, 15) is 15.0 Å². The number of piperidine rings is 1. The first-order valence-electron chi connectivity index (χ1n) is 16.7. The van der Waals surface area contributed by atoms with Crippen molar-refractivity contribution >= 4 is 6.16 Å². The molecule has 0 unspecified atom stereocenters. The molecule has 2 spiro atoms. The zero-order chi connectivity index (χ0) is 32.4. The molecule has 1 aromatic carbocycles. The zero-order valence-electron chi connectivity index (χ0n) is 27.9. The van der Waals surface area contributed by atoms with Crippen LogP contribution in [0.25, 0.3) is 0 Å². The van der Waals surface area contributed by atoms with Crippen molar-refractivity contribution in [3.05, 3.63) is 23.3 Å². The minimum atomic E-state index is -1.28. The van der Waals surface area contributed by atoms with E-state index >= 15 is 0 Å². The first-order chi connectivity index (χ1) is 21.3. The molecule has 7 aliphatic rings. The second kappa shape index (κ2) is 11.5. The van der Waals surface area contributed by atoms with Crippen LogP contribution < -0.4 is 4.74 Å². The molecule has 4 saturated carbocycles. The number of carboxylic acid groups (broad SMARTS) is 1. The molecule has 0 radical (unpaired) electrons. The van der Waals surface area contributed by atoms with Crippen LogP contribution in [0.3, 0.4) is 0 Å². The van der Waals surface area contributed by atoms with Gasteiger partial charge < -0.3 is 39.0 Å². The smallest absolute Gasteiger partial charge is 0.504 e. The second-order valence-electron chi connectivity index (χ2n) is 15.5. The molecule has 4 bridgehead atoms. The summed E-state index contributed by atoms with van der Waals surface area (Å²) in [6, 6.07) is 4.46. The van der Waals surface area contributed by atoms with Crippen LogP contribution in [0.1, 0.15) is 77.3 Å². The van der Waals surface area contributed by atoms with Gasteiger partial charge in [-0.1, -0.05) is 26.8 Å². The van der Waals surface area contributed by atoms with E-state index in [1.807, 2.05) is 20.1 Å². The monoisotopic (exact) mass is 631 g/mol. The Bertz CT molecular complexity index is 1270. The van der Waals surface area contributed by atoms with E-state index in [0.29, 0.717) is 25.0 Å². The highest BCUT2D eigenvalue weighted by Crippen LogP contribution is 2.78. The molecule has 0 amide bonds. The molecule has 10 nitrogen and oxygen atoms in total. The Hall–Kier alpha value is -2.11. The predicted octanol–water partition coefficient (Wildman–Crippen LogP) is 4.76. The number of benzene rings is 1. The summed E-state index contributed by atoms with van der Waals surface area (Å²) in [5.41, 5.74) is 0.783. The fraction of sp³-hybridized carbons (Fsp3) is 0.800. The lowest BCUT2D eigenvalue weighted by Gasteiger charge is -2.75. The summed E-state index contributed by atoms with van der Waals surface area (Å²) in [5.74, 6) is 1.80. The number of aromatic hydroxyl groups is 1. The van der Waals surface area contributed by atoms with Gasteiger partial charge in [0.15, 0.2) is 11.5 Å². The van der Waals surface area contributed by atoms with Crippen LogP contribution in [0.2, 0.25) is 0 Å². The SMILES string of the molecule is COCCOCCOC(=O)O.CO[C@@]12CC[C@@]3(C[C@@H]1[C@](C)(O)C(C)(C)C)[C@H]1Cc4ccc(O)c5c4[C@@]3(CCN1CC1CC1)[C@H]2O5. The highest BCUT2D eigenvalue weighted by Gasteiger charge is 2.82. The number of carbonyl (C=O) groups is 1. The number of phenols is 1. The number of phenolic OH excluding ortho intramolecular Hbond substituents is 1. The number of nitrogens with zero attached hydrogens (tertiary/aromatic N) is 1. The maximum absolute atomic E-state index is 12.2. The van der Waals surface area contributed by atoms with Crippen molar-refractivity contribution in [1.29, 1.82) is 0 Å². The summed E-state index contributed by atoms with van der Waals surface area (Å²) in [6.45, 7) is 12.1. The average molecular weight is 632 g/mol. The van der Waals surface area contributed by atoms with E-state index in [4.69, 9.17) is 19.3 Å². The highest BCUT2D eigenvalue weighted by atomic mass is 16.7. The van der Waals surface area contributed by atoms with Crippen molar-refractivity contribution in [1.82, 2.24) is 4.90 Å². The molecule has 1 aromatic rings. The van der Waals surface area contributed by atoms with E-state index in [2.05, 4.69) is 41.2 Å². The second-order valence-corrected chi connectivity index (χ2v) is 15.5. The summed E-state index contributed by atoms with van der Waals surface area (Å²) in [7, 11) is 3.40. The Morgan fingerprint density at radius 2 is 1.80 bits per heavy atom. The molecular formula is C35H53NO9. The molecule has 1 saturated heterocycles. The van der Waals surface area contributed by atoms with Crippen LogP contribution in [0.5, 0.6) is 11.5 Å². The van der Waals surface area contributed by atoms with Gasteiger partial charge in [0, 0.05) is 49.1 Å². The maximum Gasteiger partial charge on any atom is 0.505 e. The van der Waals surface area contributed by atoms with Gasteiger partial charge >= 0.3 is 6.16 Å². The maximum atomic E-state index is 12.2. The molecule has 3 N–H and O–H groups in total. The lowest BCUT2D eigenvalue weighted by atomic mass is 9.33. The van der Waals surface area contributed by atoms with Crippen LogP contribution in [0, 0.1) is 22.7 Å². The molecule has 2 heterocycles. The van der Waals surface area contributed by atoms with E-state index in [-0.39, 0.29) is 47.2 Å². The molecule has 5 fully saturated rings. The lowest BCUT2D eigenvalue weighted by Crippen LogP contribution is -2.83. The van der Waals surface area contributed by atoms with Crippen molar-refractivity contribution in [3.63, 3.8) is 0 Å². The molecule has 252 valence electrons. The van der Waals surface area contributed by atoms with Crippen LogP contribution >= 0.6 is 0 Å². The van der Waals surface area contributed by atoms with Crippen LogP contribution in [-0.2, 0) is 30.8 Å². The number of fused-ring (bicyclic) bond motifs is 2. The van der Waals surface area contributed by atoms with E-state index in [1.54, 1.807) is 7.11 Å². The predicted molar refractivity (Wildman–Crippen MR) is 167 cm³/mol. The number of ether oxygens (including phenoxy) is 5. The minimum absolute atomic E-state index is 0.0294. The van der Waals surface area contributed by atoms with Gasteiger partial charge in [0.05, 0.1) is 25.4 Å². The number of hydrogen-bond acceptors (Lipinski definition) is 9. The molecule has 8 rings (SSSR count). The number of likely N-dealkylation sites (tertiary alicyclic amines) is 1. The lowest BCUT2D eigenvalue weighted by molar-refractivity contribution is -0.312. The van der Waals surface area contributed by atoms with Crippen molar-refractivity contribution in [2.24, 2.45) is 22.7 Å². The Labute approximate surface area is 267 Å². The van der Waals surface area contributed by atoms with Gasteiger partial charge in [-0.2, -0.15) is 0 Å². The van der Waals surface area contributed by atoms with Gasteiger partial charge in [0.25, 0.3) is 0 Å². The quantitative estimate of drug-likeness (QED) is 0.246. The number of aliphatic hydroxyl groups is 1. The van der Waals surface area contributed by atoms with E-state index < -0.39 is 17.4 Å². The van der Waals surface area contributed by atoms with Gasteiger partial charge in [-0.3, -0.25) is 4.90 Å². The number of rotatable bonds is 10. The molecular weight excluding hydrogens is 578 g/mol. The van der Waals surface area contributed by atoms with Crippen LogP contribution in [0.15, 0.2) is 12.1 Å². The fourth-order valence-corrected chi connectivity index (χ4v) is 10.0. The van der Waals surface area contributed by atoms with Gasteiger partial charge in [0.2, 0.25) is 0 Å². The Kier molecular flexibility index (Phi) is 8.42.